The summed E-state index contributed by atoms with van der Waals surface area (Å²) in [5, 5.41) is 0. The molecule has 0 saturated carbocycles. The summed E-state index contributed by atoms with van der Waals surface area (Å²) in [6, 6.07) is 4.52. The molecule has 0 fully saturated rings. The van der Waals surface area contributed by atoms with Gasteiger partial charge in [-0.2, -0.15) is 13.2 Å². The van der Waals surface area contributed by atoms with E-state index in [-0.39, 0.29) is 5.78 Å². The Morgan fingerprint density at radius 3 is 2.33 bits per heavy atom. The van der Waals surface area contributed by atoms with E-state index in [2.05, 4.69) is 0 Å². The lowest BCUT2D eigenvalue weighted by molar-refractivity contribution is -0.137. The second-order valence-electron chi connectivity index (χ2n) is 3.87. The molecule has 100 valence electrons. The maximum atomic E-state index is 12.3. The first kappa shape index (κ1) is 14.5. The zero-order chi connectivity index (χ0) is 13.6. The van der Waals surface area contributed by atoms with E-state index in [1.54, 1.807) is 6.92 Å². The van der Waals surface area contributed by atoms with Crippen LogP contribution in [0.4, 0.5) is 13.2 Å². The molecule has 1 aromatic rings. The normalized spacial score (nSPS) is 11.3. The van der Waals surface area contributed by atoms with Gasteiger partial charge in [0.1, 0.15) is 11.5 Å². The van der Waals surface area contributed by atoms with Crippen molar-refractivity contribution in [3.8, 4) is 5.75 Å². The summed E-state index contributed by atoms with van der Waals surface area (Å²) in [5.74, 6) is 0.540. The molecule has 0 aliphatic heterocycles. The van der Waals surface area contributed by atoms with Gasteiger partial charge >= 0.3 is 6.18 Å². The zero-order valence-electron chi connectivity index (χ0n) is 10.1. The molecule has 0 radical (unpaired) electrons. The third-order valence-electron chi connectivity index (χ3n) is 2.44. The van der Waals surface area contributed by atoms with Crippen LogP contribution in [0.1, 0.15) is 31.7 Å². The van der Waals surface area contributed by atoms with E-state index in [4.69, 9.17) is 4.74 Å². The summed E-state index contributed by atoms with van der Waals surface area (Å²) < 4.78 is 42.1. The van der Waals surface area contributed by atoms with Crippen LogP contribution < -0.4 is 4.74 Å². The summed E-state index contributed by atoms with van der Waals surface area (Å²) in [7, 11) is 0. The average Bonchev–Trinajstić information content (AvgIpc) is 2.33. The van der Waals surface area contributed by atoms with Crippen molar-refractivity contribution in [3.05, 3.63) is 29.8 Å². The Morgan fingerprint density at radius 2 is 1.83 bits per heavy atom. The fourth-order valence-corrected chi connectivity index (χ4v) is 1.38. The lowest BCUT2D eigenvalue weighted by atomic mass is 10.2. The van der Waals surface area contributed by atoms with Crippen LogP contribution in [0.2, 0.25) is 0 Å². The van der Waals surface area contributed by atoms with Crippen LogP contribution in [0, 0.1) is 0 Å². The third kappa shape index (κ3) is 4.77. The first-order valence-corrected chi connectivity index (χ1v) is 5.75. The molecule has 0 spiro atoms. The van der Waals surface area contributed by atoms with Gasteiger partial charge in [0.25, 0.3) is 0 Å². The monoisotopic (exact) mass is 260 g/mol. The Morgan fingerprint density at radius 1 is 1.22 bits per heavy atom. The predicted molar refractivity (Wildman–Crippen MR) is 61.5 cm³/mol. The fraction of sp³-hybridized carbons (Fsp3) is 0.462. The van der Waals surface area contributed by atoms with Gasteiger partial charge in [0.2, 0.25) is 0 Å². The Bertz CT molecular complexity index is 382. The Balaban J connectivity index is 2.38. The number of carbonyl (C=O) groups is 1. The number of Topliss-reactive ketones (excluding diaryl/α,β-unsaturated/α-hetero) is 1. The maximum absolute atomic E-state index is 12.3. The molecule has 1 aromatic carbocycles. The van der Waals surface area contributed by atoms with Gasteiger partial charge in [-0.05, 0) is 30.7 Å². The molecule has 5 heteroatoms. The number of ketones is 1. The van der Waals surface area contributed by atoms with Gasteiger partial charge in [0, 0.05) is 12.8 Å². The Labute approximate surface area is 104 Å². The van der Waals surface area contributed by atoms with Crippen molar-refractivity contribution in [3.63, 3.8) is 0 Å². The average molecular weight is 260 g/mol. The molecule has 0 bridgehead atoms. The van der Waals surface area contributed by atoms with Gasteiger partial charge in [0.15, 0.2) is 0 Å². The molecular formula is C13H15F3O2. The van der Waals surface area contributed by atoms with Gasteiger partial charge in [-0.15, -0.1) is 0 Å². The van der Waals surface area contributed by atoms with E-state index in [1.807, 2.05) is 0 Å². The Hall–Kier alpha value is -1.52. The highest BCUT2D eigenvalue weighted by atomic mass is 19.4. The number of rotatable bonds is 6. The SMILES string of the molecule is CCC(=O)CCCOc1ccc(C(F)(F)F)cc1. The first-order valence-electron chi connectivity index (χ1n) is 5.75. The van der Waals surface area contributed by atoms with Crippen molar-refractivity contribution in [1.29, 1.82) is 0 Å². The number of halogens is 3. The summed E-state index contributed by atoms with van der Waals surface area (Å²) in [6.45, 7) is 2.12. The molecular weight excluding hydrogens is 245 g/mol. The minimum atomic E-state index is -4.33. The van der Waals surface area contributed by atoms with Gasteiger partial charge in [-0.1, -0.05) is 6.92 Å². The molecule has 0 aliphatic rings. The standard InChI is InChI=1S/C13H15F3O2/c1-2-11(17)4-3-9-18-12-7-5-10(6-8-12)13(14,15)16/h5-8H,2-4,9H2,1H3. The van der Waals surface area contributed by atoms with Gasteiger partial charge in [-0.25, -0.2) is 0 Å². The van der Waals surface area contributed by atoms with Crippen molar-refractivity contribution in [2.24, 2.45) is 0 Å². The first-order chi connectivity index (χ1) is 8.43. The van der Waals surface area contributed by atoms with E-state index in [9.17, 15) is 18.0 Å². The minimum Gasteiger partial charge on any atom is -0.494 e. The number of carbonyl (C=O) groups excluding carboxylic acids is 1. The number of hydrogen-bond acceptors (Lipinski definition) is 2. The summed E-state index contributed by atoms with van der Waals surface area (Å²) in [6.07, 6.45) is -2.81. The van der Waals surface area contributed by atoms with Crippen LogP contribution in [0.25, 0.3) is 0 Å². The number of ether oxygens (including phenoxy) is 1. The quantitative estimate of drug-likeness (QED) is 0.726. The van der Waals surface area contributed by atoms with Crippen LogP contribution in [0.15, 0.2) is 24.3 Å². The lowest BCUT2D eigenvalue weighted by Crippen LogP contribution is -2.05. The fourth-order valence-electron chi connectivity index (χ4n) is 1.38. The highest BCUT2D eigenvalue weighted by molar-refractivity contribution is 5.77. The van der Waals surface area contributed by atoms with Crippen molar-refractivity contribution in [2.75, 3.05) is 6.61 Å². The van der Waals surface area contributed by atoms with Crippen LogP contribution in [0.3, 0.4) is 0 Å². The van der Waals surface area contributed by atoms with E-state index >= 15 is 0 Å². The molecule has 0 atom stereocenters. The second kappa shape index (κ2) is 6.42. The zero-order valence-corrected chi connectivity index (χ0v) is 10.1. The lowest BCUT2D eigenvalue weighted by Gasteiger charge is -2.08. The van der Waals surface area contributed by atoms with Crippen molar-refractivity contribution in [1.82, 2.24) is 0 Å². The number of hydrogen-bond donors (Lipinski definition) is 0. The molecule has 18 heavy (non-hydrogen) atoms. The number of benzene rings is 1. The molecule has 0 unspecified atom stereocenters. The molecule has 0 saturated heterocycles. The highest BCUT2D eigenvalue weighted by Crippen LogP contribution is 2.30. The van der Waals surface area contributed by atoms with Gasteiger partial charge < -0.3 is 4.74 Å². The van der Waals surface area contributed by atoms with Crippen molar-refractivity contribution >= 4 is 5.78 Å². The Kier molecular flexibility index (Phi) is 5.19. The molecule has 1 rings (SSSR count). The highest BCUT2D eigenvalue weighted by Gasteiger charge is 2.29. The third-order valence-corrected chi connectivity index (χ3v) is 2.44. The number of alkyl halides is 3. The molecule has 0 amide bonds. The van der Waals surface area contributed by atoms with E-state index in [0.29, 0.717) is 31.6 Å². The van der Waals surface area contributed by atoms with Crippen LogP contribution in [-0.4, -0.2) is 12.4 Å². The van der Waals surface area contributed by atoms with Crippen molar-refractivity contribution in [2.45, 2.75) is 32.4 Å². The molecule has 0 N–H and O–H groups in total. The van der Waals surface area contributed by atoms with E-state index in [0.717, 1.165) is 12.1 Å². The second-order valence-corrected chi connectivity index (χ2v) is 3.87. The van der Waals surface area contributed by atoms with E-state index < -0.39 is 11.7 Å². The van der Waals surface area contributed by atoms with E-state index in [1.165, 1.54) is 12.1 Å². The predicted octanol–water partition coefficient (Wildman–Crippen LogP) is 3.84. The van der Waals surface area contributed by atoms with Crippen LogP contribution in [0.5, 0.6) is 5.75 Å². The molecule has 0 aliphatic carbocycles. The maximum Gasteiger partial charge on any atom is 0.416 e. The summed E-state index contributed by atoms with van der Waals surface area (Å²) in [5.41, 5.74) is -0.698. The van der Waals surface area contributed by atoms with Crippen LogP contribution >= 0.6 is 0 Å². The van der Waals surface area contributed by atoms with Crippen LogP contribution in [-0.2, 0) is 11.0 Å². The minimum absolute atomic E-state index is 0.158. The van der Waals surface area contributed by atoms with Gasteiger partial charge in [-0.3, -0.25) is 4.79 Å². The van der Waals surface area contributed by atoms with Crippen molar-refractivity contribution < 1.29 is 22.7 Å². The summed E-state index contributed by atoms with van der Waals surface area (Å²) in [4.78, 5) is 11.0. The van der Waals surface area contributed by atoms with Gasteiger partial charge in [0.05, 0.1) is 12.2 Å². The summed E-state index contributed by atoms with van der Waals surface area (Å²) >= 11 is 0. The molecule has 2 nitrogen and oxygen atoms in total. The molecule has 0 aromatic heterocycles. The smallest absolute Gasteiger partial charge is 0.416 e. The largest absolute Gasteiger partial charge is 0.494 e. The topological polar surface area (TPSA) is 26.3 Å². The molecule has 0 heterocycles.